The Morgan fingerprint density at radius 2 is 1.82 bits per heavy atom. The number of halogens is 1. The van der Waals surface area contributed by atoms with Gasteiger partial charge in [0.1, 0.15) is 5.60 Å². The van der Waals surface area contributed by atoms with Crippen LogP contribution in [0.4, 0.5) is 16.3 Å². The number of rotatable bonds is 1. The topological polar surface area (TPSA) is 61.8 Å². The average Bonchev–Trinajstić information content (AvgIpc) is 2.77. The predicted octanol–water partition coefficient (Wildman–Crippen LogP) is 3.71. The Kier molecular flexibility index (Phi) is 5.06. The van der Waals surface area contributed by atoms with Crippen molar-refractivity contribution < 1.29 is 9.53 Å². The molecular weight excluding hydrogens is 378 g/mol. The Morgan fingerprint density at radius 3 is 2.46 bits per heavy atom. The number of nitrogens with zero attached hydrogens (tertiary/aromatic N) is 5. The maximum Gasteiger partial charge on any atom is 0.410 e. The fourth-order valence-corrected chi connectivity index (χ4v) is 5.05. The average molecular weight is 408 g/mol. The van der Waals surface area contributed by atoms with Crippen LogP contribution in [0.1, 0.15) is 52.9 Å². The first kappa shape index (κ1) is 19.6. The van der Waals surface area contributed by atoms with Crippen LogP contribution in [0.2, 0.25) is 5.15 Å². The van der Waals surface area contributed by atoms with Gasteiger partial charge in [-0.05, 0) is 52.9 Å². The first-order valence-electron chi connectivity index (χ1n) is 10.3. The molecule has 1 unspecified atom stereocenters. The summed E-state index contributed by atoms with van der Waals surface area (Å²) in [6.45, 7) is 7.69. The standard InChI is InChI=1S/C20H30ClN5O2/c1-20(2,3)28-19(27)26-13-6-7-14(26)11-15(10-13)25-9-5-8-24(4)16-12-17(21)22-23-18(16)25/h12-15H,5-11H2,1-4H3/t13-,14+,15?. The van der Waals surface area contributed by atoms with Gasteiger partial charge in [-0.3, -0.25) is 0 Å². The van der Waals surface area contributed by atoms with E-state index in [-0.39, 0.29) is 18.2 Å². The van der Waals surface area contributed by atoms with E-state index in [1.54, 1.807) is 0 Å². The van der Waals surface area contributed by atoms with E-state index in [0.717, 1.165) is 56.7 Å². The van der Waals surface area contributed by atoms with E-state index in [1.807, 2.05) is 31.7 Å². The zero-order valence-electron chi connectivity index (χ0n) is 17.2. The number of piperidine rings is 1. The summed E-state index contributed by atoms with van der Waals surface area (Å²) in [5, 5.41) is 8.99. The smallest absolute Gasteiger partial charge is 0.410 e. The van der Waals surface area contributed by atoms with Crippen molar-refractivity contribution in [3.05, 3.63) is 11.2 Å². The molecule has 2 fully saturated rings. The van der Waals surface area contributed by atoms with E-state index >= 15 is 0 Å². The Morgan fingerprint density at radius 1 is 1.14 bits per heavy atom. The van der Waals surface area contributed by atoms with Crippen LogP contribution in [0.25, 0.3) is 0 Å². The number of amides is 1. The van der Waals surface area contributed by atoms with Gasteiger partial charge in [0.15, 0.2) is 11.0 Å². The normalized spacial score (nSPS) is 27.5. The number of anilines is 2. The molecule has 1 aromatic rings. The van der Waals surface area contributed by atoms with Crippen molar-refractivity contribution in [2.24, 2.45) is 0 Å². The Bertz CT molecular complexity index is 739. The summed E-state index contributed by atoms with van der Waals surface area (Å²) in [7, 11) is 2.08. The van der Waals surface area contributed by atoms with Crippen LogP contribution in [0, 0.1) is 0 Å². The highest BCUT2D eigenvalue weighted by Crippen LogP contribution is 2.41. The van der Waals surface area contributed by atoms with E-state index in [1.165, 1.54) is 0 Å². The van der Waals surface area contributed by atoms with Crippen molar-refractivity contribution >= 4 is 29.2 Å². The summed E-state index contributed by atoms with van der Waals surface area (Å²) in [5.41, 5.74) is 0.579. The molecule has 3 aliphatic rings. The summed E-state index contributed by atoms with van der Waals surface area (Å²) in [6, 6.07) is 2.75. The fraction of sp³-hybridized carbons (Fsp3) is 0.750. The summed E-state index contributed by atoms with van der Waals surface area (Å²) in [4.78, 5) is 19.3. The lowest BCUT2D eigenvalue weighted by Crippen LogP contribution is -2.54. The van der Waals surface area contributed by atoms with Gasteiger partial charge in [-0.25, -0.2) is 4.79 Å². The molecule has 28 heavy (non-hydrogen) atoms. The van der Waals surface area contributed by atoms with Crippen molar-refractivity contribution in [1.82, 2.24) is 15.1 Å². The van der Waals surface area contributed by atoms with Crippen LogP contribution >= 0.6 is 11.6 Å². The zero-order valence-corrected chi connectivity index (χ0v) is 17.9. The monoisotopic (exact) mass is 407 g/mol. The third-order valence-corrected chi connectivity index (χ3v) is 6.24. The minimum absolute atomic E-state index is 0.166. The lowest BCUT2D eigenvalue weighted by atomic mass is 9.96. The van der Waals surface area contributed by atoms with Crippen LogP contribution in [0.5, 0.6) is 0 Å². The molecule has 8 heteroatoms. The van der Waals surface area contributed by atoms with Gasteiger partial charge in [-0.1, -0.05) is 11.6 Å². The molecule has 3 aliphatic heterocycles. The van der Waals surface area contributed by atoms with E-state index in [9.17, 15) is 4.79 Å². The third kappa shape index (κ3) is 3.73. The molecule has 7 nitrogen and oxygen atoms in total. The molecule has 0 aromatic carbocycles. The first-order valence-corrected chi connectivity index (χ1v) is 10.6. The maximum absolute atomic E-state index is 12.7. The third-order valence-electron chi connectivity index (χ3n) is 6.05. The number of hydrogen-bond acceptors (Lipinski definition) is 6. The molecule has 154 valence electrons. The van der Waals surface area contributed by atoms with Crippen LogP contribution in [0.15, 0.2) is 6.07 Å². The molecule has 4 rings (SSSR count). The molecule has 1 amide bonds. The van der Waals surface area contributed by atoms with Crippen molar-refractivity contribution in [2.45, 2.75) is 76.6 Å². The van der Waals surface area contributed by atoms with E-state index in [2.05, 4.69) is 27.0 Å². The van der Waals surface area contributed by atoms with Crippen LogP contribution < -0.4 is 9.80 Å². The van der Waals surface area contributed by atoms with Crippen LogP contribution in [-0.2, 0) is 4.74 Å². The molecule has 4 heterocycles. The molecule has 1 aromatic heterocycles. The first-order chi connectivity index (χ1) is 13.2. The fourth-order valence-electron chi connectivity index (χ4n) is 4.91. The van der Waals surface area contributed by atoms with Gasteiger partial charge in [0.2, 0.25) is 0 Å². The van der Waals surface area contributed by atoms with E-state index < -0.39 is 5.60 Å². The van der Waals surface area contributed by atoms with Gasteiger partial charge in [0.25, 0.3) is 0 Å². The van der Waals surface area contributed by atoms with E-state index in [0.29, 0.717) is 11.2 Å². The molecule has 2 bridgehead atoms. The number of aromatic nitrogens is 2. The predicted molar refractivity (Wildman–Crippen MR) is 110 cm³/mol. The minimum Gasteiger partial charge on any atom is -0.444 e. The van der Waals surface area contributed by atoms with Gasteiger partial charge < -0.3 is 19.4 Å². The highest BCUT2D eigenvalue weighted by molar-refractivity contribution is 6.29. The van der Waals surface area contributed by atoms with Crippen molar-refractivity contribution in [3.63, 3.8) is 0 Å². The van der Waals surface area contributed by atoms with Crippen molar-refractivity contribution in [1.29, 1.82) is 0 Å². The molecule has 0 radical (unpaired) electrons. The number of fused-ring (bicyclic) bond motifs is 3. The second kappa shape index (κ2) is 7.25. The van der Waals surface area contributed by atoms with Crippen LogP contribution in [0.3, 0.4) is 0 Å². The summed E-state index contributed by atoms with van der Waals surface area (Å²) >= 11 is 6.11. The highest BCUT2D eigenvalue weighted by atomic mass is 35.5. The molecule has 3 atom stereocenters. The highest BCUT2D eigenvalue weighted by Gasteiger charge is 2.46. The molecule has 2 saturated heterocycles. The lowest BCUT2D eigenvalue weighted by molar-refractivity contribution is 0.00582. The largest absolute Gasteiger partial charge is 0.444 e. The van der Waals surface area contributed by atoms with Crippen LogP contribution in [-0.4, -0.2) is 65.1 Å². The summed E-state index contributed by atoms with van der Waals surface area (Å²) < 4.78 is 5.67. The molecule has 0 N–H and O–H groups in total. The van der Waals surface area contributed by atoms with Gasteiger partial charge in [0.05, 0.1) is 5.69 Å². The van der Waals surface area contributed by atoms with E-state index in [4.69, 9.17) is 16.3 Å². The minimum atomic E-state index is -0.462. The SMILES string of the molecule is CN1CCCN(C2C[C@H]3CC[C@@H](C2)N3C(=O)OC(C)(C)C)c2nnc(Cl)cc21. The molecule has 0 aliphatic carbocycles. The quantitative estimate of drug-likeness (QED) is 0.707. The Hall–Kier alpha value is -1.76. The number of hydrogen-bond donors (Lipinski definition) is 0. The summed E-state index contributed by atoms with van der Waals surface area (Å²) in [6.07, 6.45) is 4.89. The Balaban J connectivity index is 1.55. The number of carbonyl (C=O) groups excluding carboxylic acids is 1. The van der Waals surface area contributed by atoms with Gasteiger partial charge in [-0.15, -0.1) is 10.2 Å². The number of ether oxygens (including phenoxy) is 1. The van der Waals surface area contributed by atoms with Gasteiger partial charge in [0, 0.05) is 44.3 Å². The lowest BCUT2D eigenvalue weighted by Gasteiger charge is -2.43. The second-order valence-corrected chi connectivity index (χ2v) is 9.63. The zero-order chi connectivity index (χ0) is 20.1. The number of carbonyl (C=O) groups is 1. The molecule has 0 saturated carbocycles. The van der Waals surface area contributed by atoms with Crippen molar-refractivity contribution in [3.8, 4) is 0 Å². The molecule has 0 spiro atoms. The second-order valence-electron chi connectivity index (χ2n) is 9.24. The summed E-state index contributed by atoms with van der Waals surface area (Å²) in [5.74, 6) is 0.916. The van der Waals surface area contributed by atoms with Gasteiger partial charge >= 0.3 is 6.09 Å². The van der Waals surface area contributed by atoms with Gasteiger partial charge in [-0.2, -0.15) is 0 Å². The molecular formula is C20H30ClN5O2. The van der Waals surface area contributed by atoms with Crippen molar-refractivity contribution in [2.75, 3.05) is 29.9 Å². The Labute approximate surface area is 172 Å². The maximum atomic E-state index is 12.7.